The lowest BCUT2D eigenvalue weighted by Gasteiger charge is -2.20. The second-order valence-electron chi connectivity index (χ2n) is 5.72. The molecule has 114 valence electrons. The molecule has 2 unspecified atom stereocenters. The molecule has 0 bridgehead atoms. The summed E-state index contributed by atoms with van der Waals surface area (Å²) in [5, 5.41) is 2.97. The third kappa shape index (κ3) is 4.32. The van der Waals surface area contributed by atoms with Crippen molar-refractivity contribution in [3.8, 4) is 0 Å². The molecular formula is C16H27NO2S. The van der Waals surface area contributed by atoms with Gasteiger partial charge in [0.05, 0.1) is 10.1 Å². The highest BCUT2D eigenvalue weighted by Gasteiger charge is 2.26. The highest BCUT2D eigenvalue weighted by molar-refractivity contribution is 7.92. The Kier molecular flexibility index (Phi) is 6.21. The normalized spacial score (nSPS) is 15.1. The van der Waals surface area contributed by atoms with Crippen LogP contribution in [0.15, 0.2) is 23.1 Å². The topological polar surface area (TPSA) is 46.2 Å². The van der Waals surface area contributed by atoms with Gasteiger partial charge >= 0.3 is 0 Å². The first-order valence-corrected chi connectivity index (χ1v) is 8.88. The first-order valence-electron chi connectivity index (χ1n) is 7.33. The van der Waals surface area contributed by atoms with E-state index >= 15 is 0 Å². The summed E-state index contributed by atoms with van der Waals surface area (Å²) in [6.07, 6.45) is 1.69. The molecule has 0 heterocycles. The van der Waals surface area contributed by atoms with Crippen LogP contribution in [0.25, 0.3) is 0 Å². The van der Waals surface area contributed by atoms with Crippen LogP contribution in [0.3, 0.4) is 0 Å². The van der Waals surface area contributed by atoms with Crippen molar-refractivity contribution in [3.63, 3.8) is 0 Å². The Bertz CT molecular complexity index is 537. The van der Waals surface area contributed by atoms with Crippen molar-refractivity contribution in [2.45, 2.75) is 63.6 Å². The van der Waals surface area contributed by atoms with E-state index in [0.717, 1.165) is 24.1 Å². The summed E-state index contributed by atoms with van der Waals surface area (Å²) in [4.78, 5) is 0.471. The van der Waals surface area contributed by atoms with E-state index in [9.17, 15) is 8.42 Å². The van der Waals surface area contributed by atoms with Crippen LogP contribution in [0.4, 0.5) is 0 Å². The minimum Gasteiger partial charge on any atom is -0.314 e. The molecule has 1 aromatic rings. The molecule has 0 aromatic heterocycles. The zero-order valence-corrected chi connectivity index (χ0v) is 14.0. The van der Waals surface area contributed by atoms with Gasteiger partial charge in [0, 0.05) is 6.04 Å². The van der Waals surface area contributed by atoms with E-state index in [1.807, 2.05) is 32.9 Å². The van der Waals surface area contributed by atoms with Crippen molar-refractivity contribution in [1.82, 2.24) is 5.32 Å². The Hall–Kier alpha value is -0.870. The van der Waals surface area contributed by atoms with Crippen LogP contribution in [0.5, 0.6) is 0 Å². The van der Waals surface area contributed by atoms with E-state index in [1.54, 1.807) is 13.0 Å². The first kappa shape index (κ1) is 17.2. The Labute approximate surface area is 123 Å². The largest absolute Gasteiger partial charge is 0.314 e. The standard InChI is InChI=1S/C16H27NO2S/c1-6-9-17-14(4)11-15(5)20(18,19)16-8-7-12(2)10-13(16)3/h7-8,10,14-15,17H,6,9,11H2,1-5H3. The van der Waals surface area contributed by atoms with Gasteiger partial charge in [-0.1, -0.05) is 24.6 Å². The van der Waals surface area contributed by atoms with Gasteiger partial charge < -0.3 is 5.32 Å². The van der Waals surface area contributed by atoms with E-state index < -0.39 is 9.84 Å². The molecule has 0 fully saturated rings. The van der Waals surface area contributed by atoms with E-state index in [2.05, 4.69) is 12.2 Å². The van der Waals surface area contributed by atoms with Gasteiger partial charge in [-0.05, 0) is 58.7 Å². The van der Waals surface area contributed by atoms with Gasteiger partial charge in [0.2, 0.25) is 0 Å². The predicted molar refractivity (Wildman–Crippen MR) is 84.9 cm³/mol. The number of nitrogens with one attached hydrogen (secondary N) is 1. The molecule has 4 heteroatoms. The van der Waals surface area contributed by atoms with Crippen LogP contribution in [-0.2, 0) is 9.84 Å². The molecule has 1 aromatic carbocycles. The molecule has 0 aliphatic rings. The molecule has 0 radical (unpaired) electrons. The third-order valence-corrected chi connectivity index (χ3v) is 5.92. The molecule has 0 saturated heterocycles. The lowest BCUT2D eigenvalue weighted by molar-refractivity contribution is 0.497. The van der Waals surface area contributed by atoms with E-state index in [0.29, 0.717) is 11.3 Å². The fourth-order valence-electron chi connectivity index (χ4n) is 2.43. The molecule has 0 aliphatic carbocycles. The molecule has 20 heavy (non-hydrogen) atoms. The zero-order chi connectivity index (χ0) is 15.3. The van der Waals surface area contributed by atoms with Gasteiger partial charge in [-0.15, -0.1) is 0 Å². The summed E-state index contributed by atoms with van der Waals surface area (Å²) < 4.78 is 25.3. The number of sulfone groups is 1. The second kappa shape index (κ2) is 7.23. The minimum atomic E-state index is -3.25. The zero-order valence-electron chi connectivity index (χ0n) is 13.2. The summed E-state index contributed by atoms with van der Waals surface area (Å²) in [6, 6.07) is 5.75. The summed E-state index contributed by atoms with van der Waals surface area (Å²) in [5.41, 5.74) is 1.93. The number of hydrogen-bond donors (Lipinski definition) is 1. The van der Waals surface area contributed by atoms with Gasteiger partial charge in [0.1, 0.15) is 0 Å². The monoisotopic (exact) mass is 297 g/mol. The molecule has 0 amide bonds. The van der Waals surface area contributed by atoms with Crippen molar-refractivity contribution in [2.24, 2.45) is 0 Å². The maximum Gasteiger partial charge on any atom is 0.181 e. The van der Waals surface area contributed by atoms with Crippen molar-refractivity contribution in [3.05, 3.63) is 29.3 Å². The molecular weight excluding hydrogens is 270 g/mol. The predicted octanol–water partition coefficient (Wildman–Crippen LogP) is 3.24. The summed E-state index contributed by atoms with van der Waals surface area (Å²) in [5.74, 6) is 0. The summed E-state index contributed by atoms with van der Waals surface area (Å²) in [7, 11) is -3.25. The number of aryl methyl sites for hydroxylation is 2. The fourth-order valence-corrected chi connectivity index (χ4v) is 4.17. The maximum atomic E-state index is 12.6. The van der Waals surface area contributed by atoms with Crippen molar-refractivity contribution in [2.75, 3.05) is 6.54 Å². The molecule has 1 rings (SSSR count). The number of benzene rings is 1. The van der Waals surface area contributed by atoms with Crippen molar-refractivity contribution < 1.29 is 8.42 Å². The minimum absolute atomic E-state index is 0.213. The van der Waals surface area contributed by atoms with E-state index in [4.69, 9.17) is 0 Å². The fraction of sp³-hybridized carbons (Fsp3) is 0.625. The van der Waals surface area contributed by atoms with Crippen LogP contribution in [0, 0.1) is 13.8 Å². The average molecular weight is 297 g/mol. The highest BCUT2D eigenvalue weighted by atomic mass is 32.2. The first-order chi connectivity index (χ1) is 9.28. The van der Waals surface area contributed by atoms with Gasteiger partial charge in [0.25, 0.3) is 0 Å². The van der Waals surface area contributed by atoms with Crippen LogP contribution in [-0.4, -0.2) is 26.3 Å². The van der Waals surface area contributed by atoms with Crippen LogP contribution >= 0.6 is 0 Å². The van der Waals surface area contributed by atoms with Gasteiger partial charge in [-0.2, -0.15) is 0 Å². The lowest BCUT2D eigenvalue weighted by Crippen LogP contribution is -2.32. The molecule has 0 saturated carbocycles. The van der Waals surface area contributed by atoms with Gasteiger partial charge in [-0.3, -0.25) is 0 Å². The number of hydrogen-bond acceptors (Lipinski definition) is 3. The maximum absolute atomic E-state index is 12.6. The van der Waals surface area contributed by atoms with Gasteiger partial charge in [0.15, 0.2) is 9.84 Å². The molecule has 3 nitrogen and oxygen atoms in total. The number of rotatable bonds is 7. The highest BCUT2D eigenvalue weighted by Crippen LogP contribution is 2.23. The second-order valence-corrected chi connectivity index (χ2v) is 8.05. The van der Waals surface area contributed by atoms with E-state index in [1.165, 1.54) is 0 Å². The Morgan fingerprint density at radius 3 is 2.40 bits per heavy atom. The van der Waals surface area contributed by atoms with Crippen molar-refractivity contribution in [1.29, 1.82) is 0 Å². The molecule has 1 N–H and O–H groups in total. The molecule has 2 atom stereocenters. The quantitative estimate of drug-likeness (QED) is 0.840. The molecule has 0 aliphatic heterocycles. The Morgan fingerprint density at radius 1 is 1.20 bits per heavy atom. The Morgan fingerprint density at radius 2 is 1.85 bits per heavy atom. The van der Waals surface area contributed by atoms with Crippen LogP contribution in [0.1, 0.15) is 44.7 Å². The average Bonchev–Trinajstić information content (AvgIpc) is 2.35. The summed E-state index contributed by atoms with van der Waals surface area (Å²) in [6.45, 7) is 10.7. The van der Waals surface area contributed by atoms with E-state index in [-0.39, 0.29) is 11.3 Å². The smallest absolute Gasteiger partial charge is 0.181 e. The Balaban J connectivity index is 2.87. The summed E-state index contributed by atoms with van der Waals surface area (Å²) >= 11 is 0. The van der Waals surface area contributed by atoms with Crippen molar-refractivity contribution >= 4 is 9.84 Å². The third-order valence-electron chi connectivity index (χ3n) is 3.59. The van der Waals surface area contributed by atoms with Gasteiger partial charge in [-0.25, -0.2) is 8.42 Å². The molecule has 0 spiro atoms. The lowest BCUT2D eigenvalue weighted by atomic mass is 10.2. The SMILES string of the molecule is CCCNC(C)CC(C)S(=O)(=O)c1ccc(C)cc1C. The van der Waals surface area contributed by atoms with Crippen LogP contribution in [0.2, 0.25) is 0 Å². The van der Waals surface area contributed by atoms with Crippen LogP contribution < -0.4 is 5.32 Å².